The van der Waals surface area contributed by atoms with Gasteiger partial charge in [-0.3, -0.25) is 0 Å². The van der Waals surface area contributed by atoms with Gasteiger partial charge in [-0.05, 0) is 45.2 Å². The van der Waals surface area contributed by atoms with E-state index < -0.39 is 0 Å². The van der Waals surface area contributed by atoms with Gasteiger partial charge in [0.1, 0.15) is 0 Å². The van der Waals surface area contributed by atoms with Crippen LogP contribution in [-0.4, -0.2) is 18.6 Å². The van der Waals surface area contributed by atoms with E-state index in [1.54, 1.807) is 0 Å². The van der Waals surface area contributed by atoms with Gasteiger partial charge in [0, 0.05) is 5.54 Å². The Hall–Kier alpha value is -0.0800. The van der Waals surface area contributed by atoms with Crippen molar-refractivity contribution in [2.45, 2.75) is 64.3 Å². The molecular weight excluding hydrogens is 184 g/mol. The standard InChI is InChI=1S/C13H28N2/c1-3-12(11-14)7-10-15-13(2)8-5-4-6-9-13/h12,15H,3-11,14H2,1-2H3. The van der Waals surface area contributed by atoms with Crippen molar-refractivity contribution in [2.24, 2.45) is 11.7 Å². The topological polar surface area (TPSA) is 38.0 Å². The quantitative estimate of drug-likeness (QED) is 0.710. The molecular formula is C13H28N2. The summed E-state index contributed by atoms with van der Waals surface area (Å²) in [6.45, 7) is 6.61. The maximum absolute atomic E-state index is 5.71. The first-order valence-corrected chi connectivity index (χ1v) is 6.65. The Morgan fingerprint density at radius 3 is 2.47 bits per heavy atom. The fraction of sp³-hybridized carbons (Fsp3) is 1.00. The molecule has 15 heavy (non-hydrogen) atoms. The van der Waals surface area contributed by atoms with Crippen LogP contribution in [0.15, 0.2) is 0 Å². The summed E-state index contributed by atoms with van der Waals surface area (Å²) in [5, 5.41) is 3.74. The van der Waals surface area contributed by atoms with Crippen LogP contribution in [0.4, 0.5) is 0 Å². The van der Waals surface area contributed by atoms with Crippen molar-refractivity contribution in [3.63, 3.8) is 0 Å². The highest BCUT2D eigenvalue weighted by atomic mass is 15.0. The number of hydrogen-bond donors (Lipinski definition) is 2. The van der Waals surface area contributed by atoms with Gasteiger partial charge in [-0.15, -0.1) is 0 Å². The maximum atomic E-state index is 5.71. The predicted octanol–water partition coefficient (Wildman–Crippen LogP) is 2.67. The van der Waals surface area contributed by atoms with E-state index in [1.807, 2.05) is 0 Å². The molecule has 1 aliphatic rings. The third-order valence-electron chi connectivity index (χ3n) is 3.97. The van der Waals surface area contributed by atoms with Crippen LogP contribution in [-0.2, 0) is 0 Å². The summed E-state index contributed by atoms with van der Waals surface area (Å²) in [5.74, 6) is 0.713. The third-order valence-corrected chi connectivity index (χ3v) is 3.97. The predicted molar refractivity (Wildman–Crippen MR) is 66.9 cm³/mol. The van der Waals surface area contributed by atoms with E-state index in [0.717, 1.165) is 13.1 Å². The molecule has 90 valence electrons. The zero-order valence-electron chi connectivity index (χ0n) is 10.5. The van der Waals surface area contributed by atoms with Crippen LogP contribution < -0.4 is 11.1 Å². The molecule has 1 atom stereocenters. The first-order chi connectivity index (χ1) is 7.20. The first kappa shape index (κ1) is 13.0. The molecule has 0 spiro atoms. The van der Waals surface area contributed by atoms with Gasteiger partial charge in [-0.2, -0.15) is 0 Å². The summed E-state index contributed by atoms with van der Waals surface area (Å²) in [7, 11) is 0. The van der Waals surface area contributed by atoms with E-state index in [1.165, 1.54) is 44.9 Å². The van der Waals surface area contributed by atoms with Crippen molar-refractivity contribution in [3.05, 3.63) is 0 Å². The molecule has 0 aromatic rings. The molecule has 0 amide bonds. The first-order valence-electron chi connectivity index (χ1n) is 6.65. The summed E-state index contributed by atoms with van der Waals surface area (Å²) in [5.41, 5.74) is 6.13. The highest BCUT2D eigenvalue weighted by molar-refractivity contribution is 4.86. The third kappa shape index (κ3) is 4.52. The van der Waals surface area contributed by atoms with Crippen LogP contribution in [0, 0.1) is 5.92 Å². The summed E-state index contributed by atoms with van der Waals surface area (Å²) in [6, 6.07) is 0. The summed E-state index contributed by atoms with van der Waals surface area (Å²) < 4.78 is 0. The molecule has 1 saturated carbocycles. The molecule has 0 heterocycles. The number of rotatable bonds is 6. The second kappa shape index (κ2) is 6.49. The Labute approximate surface area is 95.0 Å². The molecule has 1 unspecified atom stereocenters. The van der Waals surface area contributed by atoms with Crippen molar-refractivity contribution in [3.8, 4) is 0 Å². The van der Waals surface area contributed by atoms with Gasteiger partial charge in [0.25, 0.3) is 0 Å². The van der Waals surface area contributed by atoms with Gasteiger partial charge >= 0.3 is 0 Å². The number of hydrogen-bond acceptors (Lipinski definition) is 2. The Morgan fingerprint density at radius 2 is 1.93 bits per heavy atom. The SMILES string of the molecule is CCC(CN)CCNC1(C)CCCCC1. The normalized spacial score (nSPS) is 22.6. The monoisotopic (exact) mass is 212 g/mol. The fourth-order valence-corrected chi connectivity index (χ4v) is 2.58. The highest BCUT2D eigenvalue weighted by Gasteiger charge is 2.25. The molecule has 2 nitrogen and oxygen atoms in total. The van der Waals surface area contributed by atoms with Gasteiger partial charge in [0.15, 0.2) is 0 Å². The van der Waals surface area contributed by atoms with Gasteiger partial charge in [-0.25, -0.2) is 0 Å². The van der Waals surface area contributed by atoms with Crippen LogP contribution in [0.25, 0.3) is 0 Å². The van der Waals surface area contributed by atoms with Crippen molar-refractivity contribution < 1.29 is 0 Å². The van der Waals surface area contributed by atoms with Crippen LogP contribution in [0.5, 0.6) is 0 Å². The van der Waals surface area contributed by atoms with Gasteiger partial charge < -0.3 is 11.1 Å². The molecule has 2 heteroatoms. The summed E-state index contributed by atoms with van der Waals surface area (Å²) >= 11 is 0. The van der Waals surface area contributed by atoms with Crippen molar-refractivity contribution in [1.29, 1.82) is 0 Å². The van der Waals surface area contributed by atoms with Crippen LogP contribution in [0.3, 0.4) is 0 Å². The summed E-state index contributed by atoms with van der Waals surface area (Å²) in [6.07, 6.45) is 9.39. The maximum Gasteiger partial charge on any atom is 0.0153 e. The van der Waals surface area contributed by atoms with E-state index in [9.17, 15) is 0 Å². The lowest BCUT2D eigenvalue weighted by Crippen LogP contribution is -2.44. The molecule has 1 rings (SSSR count). The van der Waals surface area contributed by atoms with E-state index in [0.29, 0.717) is 11.5 Å². The van der Waals surface area contributed by atoms with Gasteiger partial charge in [-0.1, -0.05) is 32.6 Å². The second-order valence-electron chi connectivity index (χ2n) is 5.35. The number of nitrogens with one attached hydrogen (secondary N) is 1. The van der Waals surface area contributed by atoms with Crippen LogP contribution in [0.1, 0.15) is 58.8 Å². The minimum atomic E-state index is 0.422. The smallest absolute Gasteiger partial charge is 0.0153 e. The Balaban J connectivity index is 2.17. The molecule has 3 N–H and O–H groups in total. The Bertz CT molecular complexity index is 158. The lowest BCUT2D eigenvalue weighted by Gasteiger charge is -2.35. The zero-order chi connectivity index (χ0) is 11.1. The average molecular weight is 212 g/mol. The lowest BCUT2D eigenvalue weighted by molar-refractivity contribution is 0.248. The minimum absolute atomic E-state index is 0.422. The Kier molecular flexibility index (Phi) is 5.62. The molecule has 0 aromatic heterocycles. The van der Waals surface area contributed by atoms with Crippen molar-refractivity contribution in [1.82, 2.24) is 5.32 Å². The van der Waals surface area contributed by atoms with Crippen molar-refractivity contribution >= 4 is 0 Å². The van der Waals surface area contributed by atoms with Gasteiger partial charge in [0.05, 0.1) is 0 Å². The summed E-state index contributed by atoms with van der Waals surface area (Å²) in [4.78, 5) is 0. The lowest BCUT2D eigenvalue weighted by atomic mass is 9.83. The zero-order valence-corrected chi connectivity index (χ0v) is 10.5. The van der Waals surface area contributed by atoms with E-state index in [2.05, 4.69) is 19.2 Å². The molecule has 1 aliphatic carbocycles. The minimum Gasteiger partial charge on any atom is -0.330 e. The molecule has 0 radical (unpaired) electrons. The largest absolute Gasteiger partial charge is 0.330 e. The van der Waals surface area contributed by atoms with E-state index in [4.69, 9.17) is 5.73 Å². The molecule has 0 bridgehead atoms. The second-order valence-corrected chi connectivity index (χ2v) is 5.35. The van der Waals surface area contributed by atoms with E-state index >= 15 is 0 Å². The fourth-order valence-electron chi connectivity index (χ4n) is 2.58. The molecule has 0 aromatic carbocycles. The van der Waals surface area contributed by atoms with E-state index in [-0.39, 0.29) is 0 Å². The van der Waals surface area contributed by atoms with Gasteiger partial charge in [0.2, 0.25) is 0 Å². The van der Waals surface area contributed by atoms with Crippen LogP contribution in [0.2, 0.25) is 0 Å². The molecule has 1 fully saturated rings. The molecule has 0 aliphatic heterocycles. The van der Waals surface area contributed by atoms with Crippen molar-refractivity contribution in [2.75, 3.05) is 13.1 Å². The number of nitrogens with two attached hydrogens (primary N) is 1. The average Bonchev–Trinajstić information content (AvgIpc) is 2.25. The molecule has 0 saturated heterocycles. The highest BCUT2D eigenvalue weighted by Crippen LogP contribution is 2.27. The van der Waals surface area contributed by atoms with Crippen LogP contribution >= 0.6 is 0 Å². The Morgan fingerprint density at radius 1 is 1.27 bits per heavy atom.